The van der Waals surface area contributed by atoms with E-state index in [0.717, 1.165) is 19.5 Å². The van der Waals surface area contributed by atoms with Crippen LogP contribution in [0.1, 0.15) is 12.2 Å². The summed E-state index contributed by atoms with van der Waals surface area (Å²) < 4.78 is 27.6. The van der Waals surface area contributed by atoms with Gasteiger partial charge in [-0.2, -0.15) is 0 Å². The molecule has 1 aliphatic heterocycles. The second-order valence-electron chi connectivity index (χ2n) is 5.38. The first-order valence-electron chi connectivity index (χ1n) is 7.36. The second-order valence-corrected chi connectivity index (χ2v) is 5.38. The second kappa shape index (κ2) is 6.28. The molecule has 1 amide bonds. The Morgan fingerprint density at radius 3 is 2.52 bits per heavy atom. The Balaban J connectivity index is 1.83. The van der Waals surface area contributed by atoms with Gasteiger partial charge >= 0.3 is 0 Å². The highest BCUT2D eigenvalue weighted by Crippen LogP contribution is 2.25. The predicted octanol–water partition coefficient (Wildman–Crippen LogP) is 2.37. The van der Waals surface area contributed by atoms with E-state index in [0.29, 0.717) is 11.4 Å². The van der Waals surface area contributed by atoms with E-state index in [1.807, 2.05) is 0 Å². The average molecular weight is 318 g/mol. The van der Waals surface area contributed by atoms with Crippen LogP contribution in [0.2, 0.25) is 0 Å². The van der Waals surface area contributed by atoms with Gasteiger partial charge in [-0.3, -0.25) is 4.79 Å². The number of aryl methyl sites for hydroxylation is 1. The van der Waals surface area contributed by atoms with Gasteiger partial charge < -0.3 is 10.2 Å². The lowest BCUT2D eigenvalue weighted by molar-refractivity contribution is -0.132. The van der Waals surface area contributed by atoms with Gasteiger partial charge in [0.1, 0.15) is 17.3 Å². The topological polar surface area (TPSA) is 58.1 Å². The molecule has 1 aliphatic rings. The molecule has 3 rings (SSSR count). The SMILES string of the molecule is Cc1nc(NCC(=O)N2CCC2)c(F)c(-c2ccc(F)cc2)n1. The number of aromatic nitrogens is 2. The number of carbonyl (C=O) groups is 1. The van der Waals surface area contributed by atoms with Crippen LogP contribution in [-0.2, 0) is 4.79 Å². The molecule has 5 nitrogen and oxygen atoms in total. The molecule has 0 spiro atoms. The summed E-state index contributed by atoms with van der Waals surface area (Å²) in [4.78, 5) is 21.6. The van der Waals surface area contributed by atoms with Gasteiger partial charge in [0.2, 0.25) is 5.91 Å². The molecule has 7 heteroatoms. The van der Waals surface area contributed by atoms with E-state index in [4.69, 9.17) is 0 Å². The standard InChI is InChI=1S/C16H16F2N4O/c1-10-20-15(11-3-5-12(17)6-4-11)14(18)16(21-10)19-9-13(23)22-7-2-8-22/h3-6H,2,7-9H2,1H3,(H,19,20,21). The van der Waals surface area contributed by atoms with E-state index in [-0.39, 0.29) is 24.0 Å². The number of nitrogens with one attached hydrogen (secondary N) is 1. The van der Waals surface area contributed by atoms with Crippen molar-refractivity contribution in [2.24, 2.45) is 0 Å². The van der Waals surface area contributed by atoms with Crippen LogP contribution in [0.15, 0.2) is 24.3 Å². The number of rotatable bonds is 4. The van der Waals surface area contributed by atoms with Crippen LogP contribution in [0.5, 0.6) is 0 Å². The summed E-state index contributed by atoms with van der Waals surface area (Å²) in [6.07, 6.45) is 1.00. The number of nitrogens with zero attached hydrogens (tertiary/aromatic N) is 3. The average Bonchev–Trinajstić information content (AvgIpc) is 2.47. The molecule has 1 fully saturated rings. The third kappa shape index (κ3) is 3.28. The minimum absolute atomic E-state index is 0.0176. The first kappa shape index (κ1) is 15.3. The van der Waals surface area contributed by atoms with Crippen molar-refractivity contribution in [2.45, 2.75) is 13.3 Å². The zero-order valence-corrected chi connectivity index (χ0v) is 12.6. The summed E-state index contributed by atoms with van der Waals surface area (Å²) in [7, 11) is 0. The zero-order chi connectivity index (χ0) is 16.4. The molecule has 0 unspecified atom stereocenters. The Morgan fingerprint density at radius 2 is 1.91 bits per heavy atom. The van der Waals surface area contributed by atoms with Gasteiger partial charge in [-0.1, -0.05) is 0 Å². The van der Waals surface area contributed by atoms with Gasteiger partial charge in [0.05, 0.1) is 6.54 Å². The molecule has 2 heterocycles. The van der Waals surface area contributed by atoms with Crippen LogP contribution in [0, 0.1) is 18.6 Å². The smallest absolute Gasteiger partial charge is 0.241 e. The van der Waals surface area contributed by atoms with Crippen molar-refractivity contribution in [3.63, 3.8) is 0 Å². The van der Waals surface area contributed by atoms with E-state index in [1.165, 1.54) is 24.3 Å². The number of hydrogen-bond acceptors (Lipinski definition) is 4. The first-order valence-corrected chi connectivity index (χ1v) is 7.36. The summed E-state index contributed by atoms with van der Waals surface area (Å²) >= 11 is 0. The van der Waals surface area contributed by atoms with E-state index in [2.05, 4.69) is 15.3 Å². The first-order chi connectivity index (χ1) is 11.0. The van der Waals surface area contributed by atoms with E-state index >= 15 is 0 Å². The van der Waals surface area contributed by atoms with Crippen molar-refractivity contribution in [1.82, 2.24) is 14.9 Å². The summed E-state index contributed by atoms with van der Waals surface area (Å²) in [6, 6.07) is 5.39. The number of benzene rings is 1. The monoisotopic (exact) mass is 318 g/mol. The van der Waals surface area contributed by atoms with Crippen molar-refractivity contribution in [1.29, 1.82) is 0 Å². The van der Waals surface area contributed by atoms with Crippen molar-refractivity contribution in [2.75, 3.05) is 25.0 Å². The summed E-state index contributed by atoms with van der Waals surface area (Å²) in [6.45, 7) is 3.10. The maximum Gasteiger partial charge on any atom is 0.241 e. The summed E-state index contributed by atoms with van der Waals surface area (Å²) in [5, 5.41) is 2.73. The lowest BCUT2D eigenvalue weighted by Crippen LogP contribution is -2.44. The highest BCUT2D eigenvalue weighted by Gasteiger charge is 2.21. The van der Waals surface area contributed by atoms with Crippen LogP contribution >= 0.6 is 0 Å². The lowest BCUT2D eigenvalue weighted by Gasteiger charge is -2.31. The number of amides is 1. The maximum absolute atomic E-state index is 14.6. The summed E-state index contributed by atoms with van der Waals surface area (Å²) in [5.41, 5.74) is 0.530. The van der Waals surface area contributed by atoms with Gasteiger partial charge in [0.15, 0.2) is 11.6 Å². The molecule has 23 heavy (non-hydrogen) atoms. The highest BCUT2D eigenvalue weighted by atomic mass is 19.1. The number of carbonyl (C=O) groups excluding carboxylic acids is 1. The van der Waals surface area contributed by atoms with Crippen molar-refractivity contribution >= 4 is 11.7 Å². The quantitative estimate of drug-likeness (QED) is 0.940. The molecule has 0 saturated carbocycles. The molecule has 0 atom stereocenters. The molecular formula is C16H16F2N4O. The Hall–Kier alpha value is -2.57. The molecule has 0 bridgehead atoms. The van der Waals surface area contributed by atoms with E-state index < -0.39 is 11.6 Å². The van der Waals surface area contributed by atoms with Crippen LogP contribution < -0.4 is 5.32 Å². The van der Waals surface area contributed by atoms with Gasteiger partial charge in [-0.25, -0.2) is 18.7 Å². The van der Waals surface area contributed by atoms with Crippen molar-refractivity contribution in [3.8, 4) is 11.3 Å². The van der Waals surface area contributed by atoms with Crippen LogP contribution in [0.25, 0.3) is 11.3 Å². The Labute approximate surface area is 132 Å². The van der Waals surface area contributed by atoms with E-state index in [1.54, 1.807) is 11.8 Å². The van der Waals surface area contributed by atoms with Gasteiger partial charge in [0.25, 0.3) is 0 Å². The number of hydrogen-bond donors (Lipinski definition) is 1. The fourth-order valence-electron chi connectivity index (χ4n) is 2.31. The van der Waals surface area contributed by atoms with Gasteiger partial charge in [-0.15, -0.1) is 0 Å². The molecule has 120 valence electrons. The third-order valence-electron chi connectivity index (χ3n) is 3.70. The molecule has 1 aromatic heterocycles. The molecule has 0 radical (unpaired) electrons. The highest BCUT2D eigenvalue weighted by molar-refractivity contribution is 5.81. The zero-order valence-electron chi connectivity index (χ0n) is 12.6. The van der Waals surface area contributed by atoms with Crippen molar-refractivity contribution in [3.05, 3.63) is 41.7 Å². The number of likely N-dealkylation sites (tertiary alicyclic amines) is 1. The van der Waals surface area contributed by atoms with E-state index in [9.17, 15) is 13.6 Å². The maximum atomic E-state index is 14.6. The Kier molecular flexibility index (Phi) is 4.18. The fourth-order valence-corrected chi connectivity index (χ4v) is 2.31. The molecule has 1 aromatic carbocycles. The minimum Gasteiger partial charge on any atom is -0.358 e. The Bertz CT molecular complexity index is 730. The Morgan fingerprint density at radius 1 is 1.22 bits per heavy atom. The lowest BCUT2D eigenvalue weighted by atomic mass is 10.1. The van der Waals surface area contributed by atoms with Gasteiger partial charge in [-0.05, 0) is 37.6 Å². The van der Waals surface area contributed by atoms with Crippen LogP contribution in [0.4, 0.5) is 14.6 Å². The van der Waals surface area contributed by atoms with Crippen molar-refractivity contribution < 1.29 is 13.6 Å². The molecule has 1 N–H and O–H groups in total. The molecule has 0 aliphatic carbocycles. The molecule has 2 aromatic rings. The summed E-state index contributed by atoms with van der Waals surface area (Å²) in [5.74, 6) is -0.803. The van der Waals surface area contributed by atoms with Crippen LogP contribution in [0.3, 0.4) is 0 Å². The normalized spacial score (nSPS) is 13.6. The van der Waals surface area contributed by atoms with Gasteiger partial charge in [0, 0.05) is 18.7 Å². The number of halogens is 2. The minimum atomic E-state index is -0.654. The molecule has 1 saturated heterocycles. The largest absolute Gasteiger partial charge is 0.358 e. The molecular weight excluding hydrogens is 302 g/mol. The predicted molar refractivity (Wildman–Crippen MR) is 81.8 cm³/mol. The third-order valence-corrected chi connectivity index (χ3v) is 3.70. The fraction of sp³-hybridized carbons (Fsp3) is 0.312. The van der Waals surface area contributed by atoms with Crippen LogP contribution in [-0.4, -0.2) is 40.4 Å². The number of anilines is 1.